The summed E-state index contributed by atoms with van der Waals surface area (Å²) in [6, 6.07) is 8.15. The first-order chi connectivity index (χ1) is 21.1. The second kappa shape index (κ2) is 13.7. The fourth-order valence-electron chi connectivity index (χ4n) is 7.47. The van der Waals surface area contributed by atoms with Gasteiger partial charge in [-0.1, -0.05) is 66.2 Å². The van der Waals surface area contributed by atoms with Gasteiger partial charge in [0.25, 0.3) is 0 Å². The van der Waals surface area contributed by atoms with Gasteiger partial charge < -0.3 is 29.7 Å². The van der Waals surface area contributed by atoms with Crippen LogP contribution in [-0.2, 0) is 26.3 Å². The SMILES string of the molecule is COc1ccc(C(C)(C)C)cc1CN[C@H]1[C@H](C(C)(C)C)[C@@H](C(=O)O)N(C(=O)[C@H]2CCC[C@H](OC)C2)[C@H]1c1cccnc1N(C)C. The second-order valence-electron chi connectivity index (χ2n) is 15.1. The van der Waals surface area contributed by atoms with Crippen molar-refractivity contribution in [2.75, 3.05) is 33.2 Å². The van der Waals surface area contributed by atoms with Crippen molar-refractivity contribution >= 4 is 17.7 Å². The lowest BCUT2D eigenvalue weighted by Gasteiger charge is -2.37. The minimum absolute atomic E-state index is 0.0114. The van der Waals surface area contributed by atoms with Crippen LogP contribution in [0.5, 0.6) is 5.75 Å². The molecular weight excluding hydrogens is 568 g/mol. The lowest BCUT2D eigenvalue weighted by Crippen LogP contribution is -2.50. The number of rotatable bonds is 9. The van der Waals surface area contributed by atoms with Crippen molar-refractivity contribution < 1.29 is 24.2 Å². The van der Waals surface area contributed by atoms with Gasteiger partial charge in [0.1, 0.15) is 17.6 Å². The molecule has 1 saturated carbocycles. The average Bonchev–Trinajstić information content (AvgIpc) is 3.35. The maximum Gasteiger partial charge on any atom is 0.326 e. The smallest absolute Gasteiger partial charge is 0.326 e. The number of carbonyl (C=O) groups is 2. The third-order valence-corrected chi connectivity index (χ3v) is 9.72. The molecule has 0 bridgehead atoms. The topological polar surface area (TPSA) is 104 Å². The van der Waals surface area contributed by atoms with Crippen LogP contribution in [0.1, 0.15) is 90.0 Å². The van der Waals surface area contributed by atoms with Crippen LogP contribution < -0.4 is 15.0 Å². The summed E-state index contributed by atoms with van der Waals surface area (Å²) in [5.41, 5.74) is 2.50. The number of ether oxygens (including phenoxy) is 2. The van der Waals surface area contributed by atoms with Gasteiger partial charge in [-0.05, 0) is 47.8 Å². The standard InChI is InChI=1S/C36H54N4O5/c1-35(2,3)24-16-17-27(45-10)23(19-24)21-38-29-28(36(4,5)6)31(34(42)43)40(33(41)22-13-11-14-25(20-22)44-9)30(29)26-15-12-18-37-32(26)39(7)8/h12,15-19,22,25,28-31,38H,11,13-14,20-21H2,1-10H3,(H,42,43)/t22-,25-,28-,29-,30-,31-/m0/s1. The normalized spacial score (nSPS) is 25.7. The van der Waals surface area contributed by atoms with Crippen LogP contribution in [0.15, 0.2) is 36.5 Å². The van der Waals surface area contributed by atoms with Gasteiger partial charge in [0.05, 0.1) is 19.3 Å². The molecule has 9 heteroatoms. The van der Waals surface area contributed by atoms with E-state index in [1.54, 1.807) is 25.3 Å². The molecule has 1 aromatic heterocycles. The number of carbonyl (C=O) groups excluding carboxylic acids is 1. The van der Waals surface area contributed by atoms with Gasteiger partial charge in [-0.2, -0.15) is 0 Å². The number of hydrogen-bond acceptors (Lipinski definition) is 7. The van der Waals surface area contributed by atoms with Crippen molar-refractivity contribution in [3.63, 3.8) is 0 Å². The van der Waals surface area contributed by atoms with Crippen molar-refractivity contribution in [1.29, 1.82) is 0 Å². The molecule has 248 valence electrons. The molecule has 1 aliphatic carbocycles. The van der Waals surface area contributed by atoms with E-state index in [4.69, 9.17) is 14.5 Å². The first-order valence-corrected chi connectivity index (χ1v) is 16.2. The number of methoxy groups -OCH3 is 2. The van der Waals surface area contributed by atoms with Crippen LogP contribution in [0.25, 0.3) is 0 Å². The summed E-state index contributed by atoms with van der Waals surface area (Å²) in [5, 5.41) is 14.7. The minimum Gasteiger partial charge on any atom is -0.496 e. The summed E-state index contributed by atoms with van der Waals surface area (Å²) >= 11 is 0. The Bertz CT molecular complexity index is 1350. The molecule has 0 spiro atoms. The Morgan fingerprint density at radius 1 is 1.09 bits per heavy atom. The minimum atomic E-state index is -1.03. The van der Waals surface area contributed by atoms with Crippen LogP contribution in [0.4, 0.5) is 5.82 Å². The molecule has 2 N–H and O–H groups in total. The summed E-state index contributed by atoms with van der Waals surface area (Å²) in [6.45, 7) is 13.2. The second-order valence-corrected chi connectivity index (χ2v) is 15.1. The van der Waals surface area contributed by atoms with Crippen molar-refractivity contribution in [3.8, 4) is 5.75 Å². The lowest BCUT2D eigenvalue weighted by atomic mass is 9.72. The molecule has 45 heavy (non-hydrogen) atoms. The van der Waals surface area contributed by atoms with Gasteiger partial charge in [0.2, 0.25) is 5.91 Å². The Morgan fingerprint density at radius 2 is 1.80 bits per heavy atom. The quantitative estimate of drug-likeness (QED) is 0.361. The number of anilines is 1. The number of nitrogens with one attached hydrogen (secondary N) is 1. The van der Waals surface area contributed by atoms with Crippen molar-refractivity contribution in [3.05, 3.63) is 53.2 Å². The zero-order valence-electron chi connectivity index (χ0n) is 28.9. The number of benzene rings is 1. The van der Waals surface area contributed by atoms with Crippen molar-refractivity contribution in [1.82, 2.24) is 15.2 Å². The highest BCUT2D eigenvalue weighted by atomic mass is 16.5. The monoisotopic (exact) mass is 622 g/mol. The zero-order chi connectivity index (χ0) is 33.3. The van der Waals surface area contributed by atoms with Crippen molar-refractivity contribution in [2.24, 2.45) is 17.3 Å². The number of aromatic nitrogens is 1. The highest BCUT2D eigenvalue weighted by Crippen LogP contribution is 2.50. The van der Waals surface area contributed by atoms with E-state index in [0.29, 0.717) is 13.0 Å². The molecule has 2 heterocycles. The van der Waals surface area contributed by atoms with Gasteiger partial charge in [-0.3, -0.25) is 4.79 Å². The summed E-state index contributed by atoms with van der Waals surface area (Å²) < 4.78 is 11.5. The van der Waals surface area contributed by atoms with E-state index in [1.807, 2.05) is 37.2 Å². The first kappa shape index (κ1) is 34.7. The van der Waals surface area contributed by atoms with E-state index in [2.05, 4.69) is 59.0 Å². The highest BCUT2D eigenvalue weighted by Gasteiger charge is 2.59. The van der Waals surface area contributed by atoms with Gasteiger partial charge in [-0.25, -0.2) is 9.78 Å². The third kappa shape index (κ3) is 7.30. The van der Waals surface area contributed by atoms with Gasteiger partial charge in [-0.15, -0.1) is 0 Å². The lowest BCUT2D eigenvalue weighted by molar-refractivity contribution is -0.155. The van der Waals surface area contributed by atoms with E-state index >= 15 is 0 Å². The number of nitrogens with zero attached hydrogens (tertiary/aromatic N) is 3. The maximum atomic E-state index is 14.7. The largest absolute Gasteiger partial charge is 0.496 e. The number of likely N-dealkylation sites (tertiary alicyclic amines) is 1. The fourth-order valence-corrected chi connectivity index (χ4v) is 7.47. The van der Waals surface area contributed by atoms with E-state index in [9.17, 15) is 14.7 Å². The van der Waals surface area contributed by atoms with Crippen LogP contribution in [0, 0.1) is 17.3 Å². The van der Waals surface area contributed by atoms with Gasteiger partial charge >= 0.3 is 5.97 Å². The Hall–Kier alpha value is -3.17. The summed E-state index contributed by atoms with van der Waals surface area (Å²) in [6.07, 6.45) is 4.82. The third-order valence-electron chi connectivity index (χ3n) is 9.72. The van der Waals surface area contributed by atoms with Crippen molar-refractivity contribution in [2.45, 2.75) is 103 Å². The number of pyridine rings is 1. The number of aliphatic carboxylic acids is 1. The van der Waals surface area contributed by atoms with Crippen LogP contribution in [0.3, 0.4) is 0 Å². The molecule has 9 nitrogen and oxygen atoms in total. The molecule has 6 atom stereocenters. The number of carboxylic acid groups (broad SMARTS) is 1. The Morgan fingerprint density at radius 3 is 2.38 bits per heavy atom. The number of carboxylic acids is 1. The van der Waals surface area contributed by atoms with E-state index in [1.165, 1.54) is 5.56 Å². The van der Waals surface area contributed by atoms with Gasteiger partial charge in [0.15, 0.2) is 0 Å². The highest BCUT2D eigenvalue weighted by molar-refractivity contribution is 5.87. The summed E-state index contributed by atoms with van der Waals surface area (Å²) in [4.78, 5) is 36.4. The molecule has 2 aliphatic rings. The van der Waals surface area contributed by atoms with Crippen LogP contribution in [-0.4, -0.2) is 73.4 Å². The Kier molecular flexibility index (Phi) is 10.5. The molecule has 0 radical (unpaired) electrons. The molecule has 1 aromatic carbocycles. The van der Waals surface area contributed by atoms with Gasteiger partial charge in [0, 0.05) is 63.0 Å². The molecule has 1 aliphatic heterocycles. The molecule has 4 rings (SSSR count). The summed E-state index contributed by atoms with van der Waals surface area (Å²) in [7, 11) is 7.22. The van der Waals surface area contributed by atoms with Crippen LogP contribution >= 0.6 is 0 Å². The molecule has 0 unspecified atom stereocenters. The van der Waals surface area contributed by atoms with E-state index in [-0.39, 0.29) is 29.4 Å². The number of hydrogen-bond donors (Lipinski definition) is 2. The predicted octanol–water partition coefficient (Wildman–Crippen LogP) is 5.82. The maximum absolute atomic E-state index is 14.7. The number of amides is 1. The molecule has 2 aromatic rings. The van der Waals surface area contributed by atoms with E-state index < -0.39 is 29.4 Å². The predicted molar refractivity (Wildman–Crippen MR) is 178 cm³/mol. The summed E-state index contributed by atoms with van der Waals surface area (Å²) in [5.74, 6) is -0.333. The van der Waals surface area contributed by atoms with E-state index in [0.717, 1.165) is 42.0 Å². The molecular formula is C36H54N4O5. The van der Waals surface area contributed by atoms with Crippen LogP contribution in [0.2, 0.25) is 0 Å². The Labute approximate surface area is 269 Å². The zero-order valence-corrected chi connectivity index (χ0v) is 28.9. The fraction of sp³-hybridized carbons (Fsp3) is 0.639. The average molecular weight is 623 g/mol. The molecule has 2 fully saturated rings. The molecule has 1 saturated heterocycles. The first-order valence-electron chi connectivity index (χ1n) is 16.2. The molecule has 1 amide bonds. The Balaban J connectivity index is 1.89.